The van der Waals surface area contributed by atoms with Gasteiger partial charge in [0, 0.05) is 30.3 Å². The topological polar surface area (TPSA) is 29.5 Å². The first-order chi connectivity index (χ1) is 12.0. The molecule has 0 radical (unpaired) electrons. The molecule has 1 fully saturated rings. The molecule has 1 unspecified atom stereocenters. The Balaban J connectivity index is 1.61. The standard InChI is InChI=1S/C20H21F2NO2/c1-14-5-2-3-7-18(14)20(24)23-10-4-6-17(12-23)25-13-15-8-9-16(21)11-19(15)22/h2-3,5,7-9,11,17H,4,6,10,12-13H2,1H3. The minimum Gasteiger partial charge on any atom is -0.372 e. The van der Waals surface area contributed by atoms with Crippen molar-refractivity contribution in [2.75, 3.05) is 13.1 Å². The number of likely N-dealkylation sites (tertiary alicyclic amines) is 1. The van der Waals surface area contributed by atoms with Crippen LogP contribution in [0.2, 0.25) is 0 Å². The lowest BCUT2D eigenvalue weighted by Gasteiger charge is -2.33. The van der Waals surface area contributed by atoms with Gasteiger partial charge in [-0.3, -0.25) is 4.79 Å². The number of nitrogens with zero attached hydrogens (tertiary/aromatic N) is 1. The molecule has 0 N–H and O–H groups in total. The normalized spacial score (nSPS) is 17.6. The summed E-state index contributed by atoms with van der Waals surface area (Å²) < 4.78 is 32.4. The minimum atomic E-state index is -0.608. The van der Waals surface area contributed by atoms with E-state index in [4.69, 9.17) is 4.74 Å². The zero-order chi connectivity index (χ0) is 17.8. The van der Waals surface area contributed by atoms with Gasteiger partial charge < -0.3 is 9.64 Å². The van der Waals surface area contributed by atoms with Gasteiger partial charge in [0.25, 0.3) is 5.91 Å². The highest BCUT2D eigenvalue weighted by atomic mass is 19.1. The van der Waals surface area contributed by atoms with Crippen molar-refractivity contribution in [2.24, 2.45) is 0 Å². The molecule has 0 saturated carbocycles. The average Bonchev–Trinajstić information content (AvgIpc) is 2.61. The maximum absolute atomic E-state index is 13.7. The molecular weight excluding hydrogens is 324 g/mol. The lowest BCUT2D eigenvalue weighted by Crippen LogP contribution is -2.43. The van der Waals surface area contributed by atoms with Crippen LogP contribution in [0.15, 0.2) is 42.5 Å². The number of amides is 1. The Labute approximate surface area is 146 Å². The lowest BCUT2D eigenvalue weighted by molar-refractivity contribution is -0.00766. The second kappa shape index (κ2) is 7.74. The highest BCUT2D eigenvalue weighted by Gasteiger charge is 2.25. The summed E-state index contributed by atoms with van der Waals surface area (Å²) in [5.74, 6) is -1.21. The smallest absolute Gasteiger partial charge is 0.254 e. The number of benzene rings is 2. The van der Waals surface area contributed by atoms with Gasteiger partial charge >= 0.3 is 0 Å². The quantitative estimate of drug-likeness (QED) is 0.835. The van der Waals surface area contributed by atoms with Gasteiger partial charge in [-0.1, -0.05) is 24.3 Å². The van der Waals surface area contributed by atoms with Crippen LogP contribution < -0.4 is 0 Å². The van der Waals surface area contributed by atoms with E-state index in [2.05, 4.69) is 0 Å². The van der Waals surface area contributed by atoms with Gasteiger partial charge in [0.2, 0.25) is 0 Å². The Kier molecular flexibility index (Phi) is 5.43. The highest BCUT2D eigenvalue weighted by Crippen LogP contribution is 2.20. The first-order valence-corrected chi connectivity index (χ1v) is 8.45. The average molecular weight is 345 g/mol. The van der Waals surface area contributed by atoms with E-state index in [-0.39, 0.29) is 18.6 Å². The largest absolute Gasteiger partial charge is 0.372 e. The molecule has 3 nitrogen and oxygen atoms in total. The van der Waals surface area contributed by atoms with E-state index < -0.39 is 11.6 Å². The number of aryl methyl sites for hydroxylation is 1. The van der Waals surface area contributed by atoms with Crippen molar-refractivity contribution in [2.45, 2.75) is 32.5 Å². The summed E-state index contributed by atoms with van der Waals surface area (Å²) in [6.07, 6.45) is 1.51. The van der Waals surface area contributed by atoms with E-state index in [9.17, 15) is 13.6 Å². The molecule has 2 aromatic rings. The van der Waals surface area contributed by atoms with E-state index in [0.717, 1.165) is 24.5 Å². The zero-order valence-electron chi connectivity index (χ0n) is 14.2. The fraction of sp³-hybridized carbons (Fsp3) is 0.350. The molecule has 1 aliphatic heterocycles. The van der Waals surface area contributed by atoms with Crippen molar-refractivity contribution in [3.8, 4) is 0 Å². The number of piperidine rings is 1. The maximum Gasteiger partial charge on any atom is 0.254 e. The monoisotopic (exact) mass is 345 g/mol. The van der Waals surface area contributed by atoms with E-state index in [1.165, 1.54) is 12.1 Å². The molecule has 1 atom stereocenters. The zero-order valence-corrected chi connectivity index (χ0v) is 14.2. The number of rotatable bonds is 4. The molecule has 0 aliphatic carbocycles. The van der Waals surface area contributed by atoms with Crippen LogP contribution >= 0.6 is 0 Å². The fourth-order valence-electron chi connectivity index (χ4n) is 3.09. The summed E-state index contributed by atoms with van der Waals surface area (Å²) >= 11 is 0. The Hall–Kier alpha value is -2.27. The van der Waals surface area contributed by atoms with Crippen molar-refractivity contribution < 1.29 is 18.3 Å². The van der Waals surface area contributed by atoms with Crippen LogP contribution in [0.1, 0.15) is 34.3 Å². The third-order valence-electron chi connectivity index (χ3n) is 4.53. The third-order valence-corrected chi connectivity index (χ3v) is 4.53. The molecule has 132 valence electrons. The van der Waals surface area contributed by atoms with Crippen LogP contribution in [0.3, 0.4) is 0 Å². The SMILES string of the molecule is Cc1ccccc1C(=O)N1CCCC(OCc2ccc(F)cc2F)C1. The van der Waals surface area contributed by atoms with Crippen LogP contribution in [0.25, 0.3) is 0 Å². The molecule has 1 aliphatic rings. The number of hydrogen-bond donors (Lipinski definition) is 0. The molecule has 2 aromatic carbocycles. The molecule has 0 spiro atoms. The van der Waals surface area contributed by atoms with Crippen molar-refractivity contribution >= 4 is 5.91 Å². The summed E-state index contributed by atoms with van der Waals surface area (Å²) in [4.78, 5) is 14.5. The molecule has 0 bridgehead atoms. The summed E-state index contributed by atoms with van der Waals surface area (Å²) in [7, 11) is 0. The van der Waals surface area contributed by atoms with Crippen molar-refractivity contribution in [3.05, 3.63) is 70.8 Å². The summed E-state index contributed by atoms with van der Waals surface area (Å²) in [5.41, 5.74) is 1.97. The Morgan fingerprint density at radius 1 is 1.24 bits per heavy atom. The molecule has 1 amide bonds. The molecule has 3 rings (SSSR count). The van der Waals surface area contributed by atoms with Crippen LogP contribution in [-0.2, 0) is 11.3 Å². The first kappa shape index (κ1) is 17.5. The van der Waals surface area contributed by atoms with Crippen LogP contribution in [0.4, 0.5) is 8.78 Å². The number of hydrogen-bond acceptors (Lipinski definition) is 2. The van der Waals surface area contributed by atoms with Crippen molar-refractivity contribution in [3.63, 3.8) is 0 Å². The lowest BCUT2D eigenvalue weighted by atomic mass is 10.0. The summed E-state index contributed by atoms with van der Waals surface area (Å²) in [6.45, 7) is 3.17. The molecule has 0 aromatic heterocycles. The number of carbonyl (C=O) groups excluding carboxylic acids is 1. The van der Waals surface area contributed by atoms with Gasteiger partial charge in [-0.05, 0) is 37.5 Å². The Bertz CT molecular complexity index is 763. The van der Waals surface area contributed by atoms with E-state index >= 15 is 0 Å². The molecule has 1 saturated heterocycles. The number of ether oxygens (including phenoxy) is 1. The second-order valence-electron chi connectivity index (χ2n) is 6.38. The van der Waals surface area contributed by atoms with Crippen LogP contribution in [-0.4, -0.2) is 30.0 Å². The maximum atomic E-state index is 13.7. The van der Waals surface area contributed by atoms with Gasteiger partial charge in [0.05, 0.1) is 12.7 Å². The summed E-state index contributed by atoms with van der Waals surface area (Å²) in [6, 6.07) is 11.0. The highest BCUT2D eigenvalue weighted by molar-refractivity contribution is 5.95. The number of carbonyl (C=O) groups is 1. The third kappa shape index (κ3) is 4.23. The number of halogens is 2. The predicted octanol–water partition coefficient (Wildman–Crippen LogP) is 4.09. The van der Waals surface area contributed by atoms with Gasteiger partial charge in [0.15, 0.2) is 0 Å². The van der Waals surface area contributed by atoms with E-state index in [1.54, 1.807) is 4.90 Å². The van der Waals surface area contributed by atoms with Gasteiger partial charge in [-0.15, -0.1) is 0 Å². The first-order valence-electron chi connectivity index (χ1n) is 8.45. The van der Waals surface area contributed by atoms with E-state index in [1.807, 2.05) is 31.2 Å². The fourth-order valence-corrected chi connectivity index (χ4v) is 3.09. The molecule has 5 heteroatoms. The van der Waals surface area contributed by atoms with Gasteiger partial charge in [0.1, 0.15) is 11.6 Å². The van der Waals surface area contributed by atoms with Gasteiger partial charge in [-0.2, -0.15) is 0 Å². The van der Waals surface area contributed by atoms with Gasteiger partial charge in [-0.25, -0.2) is 8.78 Å². The predicted molar refractivity (Wildman–Crippen MR) is 91.3 cm³/mol. The second-order valence-corrected chi connectivity index (χ2v) is 6.38. The Morgan fingerprint density at radius 2 is 2.04 bits per heavy atom. The Morgan fingerprint density at radius 3 is 2.80 bits per heavy atom. The van der Waals surface area contributed by atoms with Crippen molar-refractivity contribution in [1.82, 2.24) is 4.90 Å². The summed E-state index contributed by atoms with van der Waals surface area (Å²) in [5, 5.41) is 0. The van der Waals surface area contributed by atoms with Crippen LogP contribution in [0, 0.1) is 18.6 Å². The van der Waals surface area contributed by atoms with Crippen molar-refractivity contribution in [1.29, 1.82) is 0 Å². The minimum absolute atomic E-state index is 0.000590. The molecule has 25 heavy (non-hydrogen) atoms. The van der Waals surface area contributed by atoms with Crippen LogP contribution in [0.5, 0.6) is 0 Å². The molecular formula is C20H21F2NO2. The van der Waals surface area contributed by atoms with E-state index in [0.29, 0.717) is 24.2 Å². The molecule has 1 heterocycles.